The SMILES string of the molecule is C=CN=C(C=C)N1CCOCC1. The standard InChI is InChI=1S/C9H14N2O/c1-3-9(10-4-2)11-5-7-12-8-6-11/h3-4H,1-2,5-8H2. The fourth-order valence-electron chi connectivity index (χ4n) is 1.15. The van der Waals surface area contributed by atoms with E-state index < -0.39 is 0 Å². The maximum atomic E-state index is 5.22. The highest BCUT2D eigenvalue weighted by molar-refractivity contribution is 5.92. The molecule has 0 bridgehead atoms. The molecule has 1 rings (SSSR count). The highest BCUT2D eigenvalue weighted by Crippen LogP contribution is 1.99. The van der Waals surface area contributed by atoms with Crippen molar-refractivity contribution in [3.05, 3.63) is 25.4 Å². The van der Waals surface area contributed by atoms with Gasteiger partial charge in [-0.25, -0.2) is 4.99 Å². The molecule has 0 amide bonds. The van der Waals surface area contributed by atoms with Gasteiger partial charge in [0.2, 0.25) is 0 Å². The highest BCUT2D eigenvalue weighted by atomic mass is 16.5. The van der Waals surface area contributed by atoms with Gasteiger partial charge in [-0.2, -0.15) is 0 Å². The first-order valence-electron chi connectivity index (χ1n) is 4.02. The van der Waals surface area contributed by atoms with Crippen LogP contribution in [0.3, 0.4) is 0 Å². The first-order chi connectivity index (χ1) is 5.88. The first kappa shape index (κ1) is 9.00. The summed E-state index contributed by atoms with van der Waals surface area (Å²) in [5.74, 6) is 0.883. The van der Waals surface area contributed by atoms with Gasteiger partial charge >= 0.3 is 0 Å². The molecule has 0 spiro atoms. The lowest BCUT2D eigenvalue weighted by molar-refractivity contribution is 0.0684. The van der Waals surface area contributed by atoms with Gasteiger partial charge in [0, 0.05) is 19.3 Å². The second kappa shape index (κ2) is 4.72. The summed E-state index contributed by atoms with van der Waals surface area (Å²) in [6, 6.07) is 0. The van der Waals surface area contributed by atoms with Crippen LogP contribution in [0.5, 0.6) is 0 Å². The third-order valence-electron chi connectivity index (χ3n) is 1.74. The number of hydrogen-bond donors (Lipinski definition) is 0. The number of ether oxygens (including phenoxy) is 1. The predicted molar refractivity (Wildman–Crippen MR) is 50.2 cm³/mol. The Morgan fingerprint density at radius 3 is 2.50 bits per heavy atom. The normalized spacial score (nSPS) is 19.0. The number of rotatable bonds is 2. The molecular weight excluding hydrogens is 152 g/mol. The Bertz CT molecular complexity index is 193. The van der Waals surface area contributed by atoms with E-state index in [9.17, 15) is 0 Å². The van der Waals surface area contributed by atoms with Crippen LogP contribution >= 0.6 is 0 Å². The van der Waals surface area contributed by atoms with Crippen molar-refractivity contribution in [3.8, 4) is 0 Å². The van der Waals surface area contributed by atoms with Crippen LogP contribution in [0, 0.1) is 0 Å². The summed E-state index contributed by atoms with van der Waals surface area (Å²) < 4.78 is 5.22. The van der Waals surface area contributed by atoms with Gasteiger partial charge in [0.05, 0.1) is 13.2 Å². The molecule has 1 fully saturated rings. The summed E-state index contributed by atoms with van der Waals surface area (Å²) in [6.07, 6.45) is 3.28. The van der Waals surface area contributed by atoms with Crippen molar-refractivity contribution in [2.75, 3.05) is 26.3 Å². The van der Waals surface area contributed by atoms with Crippen LogP contribution in [0.1, 0.15) is 0 Å². The van der Waals surface area contributed by atoms with E-state index in [1.54, 1.807) is 6.08 Å². The molecule has 1 heterocycles. The molecule has 0 unspecified atom stereocenters. The van der Waals surface area contributed by atoms with Gasteiger partial charge in [-0.15, -0.1) is 0 Å². The second-order valence-corrected chi connectivity index (χ2v) is 2.47. The lowest BCUT2D eigenvalue weighted by atomic mass is 10.4. The Labute approximate surface area is 73.0 Å². The lowest BCUT2D eigenvalue weighted by Gasteiger charge is -2.28. The van der Waals surface area contributed by atoms with Gasteiger partial charge in [-0.1, -0.05) is 13.2 Å². The summed E-state index contributed by atoms with van der Waals surface area (Å²) in [7, 11) is 0. The van der Waals surface area contributed by atoms with E-state index in [-0.39, 0.29) is 0 Å². The van der Waals surface area contributed by atoms with E-state index in [0.717, 1.165) is 32.1 Å². The molecule has 1 aliphatic heterocycles. The molecule has 3 nitrogen and oxygen atoms in total. The molecule has 3 heteroatoms. The minimum Gasteiger partial charge on any atom is -0.378 e. The third-order valence-corrected chi connectivity index (χ3v) is 1.74. The number of morpholine rings is 1. The Balaban J connectivity index is 2.57. The van der Waals surface area contributed by atoms with Crippen LogP contribution in [0.15, 0.2) is 30.4 Å². The minimum absolute atomic E-state index is 0.768. The van der Waals surface area contributed by atoms with E-state index in [0.29, 0.717) is 0 Å². The van der Waals surface area contributed by atoms with E-state index in [1.165, 1.54) is 6.20 Å². The van der Waals surface area contributed by atoms with Gasteiger partial charge in [0.15, 0.2) is 0 Å². The van der Waals surface area contributed by atoms with Crippen LogP contribution in [0.4, 0.5) is 0 Å². The monoisotopic (exact) mass is 166 g/mol. The number of amidine groups is 1. The largest absolute Gasteiger partial charge is 0.378 e. The second-order valence-electron chi connectivity index (χ2n) is 2.47. The summed E-state index contributed by atoms with van der Waals surface area (Å²) in [5.41, 5.74) is 0. The molecule has 0 saturated carbocycles. The minimum atomic E-state index is 0.768. The molecule has 0 aliphatic carbocycles. The third kappa shape index (κ3) is 2.20. The van der Waals surface area contributed by atoms with E-state index in [2.05, 4.69) is 23.1 Å². The van der Waals surface area contributed by atoms with Crippen LogP contribution in [-0.2, 0) is 4.74 Å². The van der Waals surface area contributed by atoms with Crippen molar-refractivity contribution in [1.29, 1.82) is 0 Å². The Morgan fingerprint density at radius 1 is 1.33 bits per heavy atom. The van der Waals surface area contributed by atoms with Crippen molar-refractivity contribution < 1.29 is 4.74 Å². The quantitative estimate of drug-likeness (QED) is 0.452. The van der Waals surface area contributed by atoms with Crippen molar-refractivity contribution in [1.82, 2.24) is 4.90 Å². The molecule has 0 aromatic heterocycles. The average Bonchev–Trinajstić information content (AvgIpc) is 2.15. The van der Waals surface area contributed by atoms with Crippen LogP contribution < -0.4 is 0 Å². The summed E-state index contributed by atoms with van der Waals surface area (Å²) >= 11 is 0. The smallest absolute Gasteiger partial charge is 0.127 e. The zero-order valence-electron chi connectivity index (χ0n) is 7.20. The number of aliphatic imine (C=N–C) groups is 1. The van der Waals surface area contributed by atoms with E-state index in [4.69, 9.17) is 4.74 Å². The molecule has 12 heavy (non-hydrogen) atoms. The van der Waals surface area contributed by atoms with Crippen molar-refractivity contribution in [2.45, 2.75) is 0 Å². The Kier molecular flexibility index (Phi) is 3.54. The number of hydrogen-bond acceptors (Lipinski definition) is 2. The summed E-state index contributed by atoms with van der Waals surface area (Å²) in [6.45, 7) is 10.6. The van der Waals surface area contributed by atoms with E-state index >= 15 is 0 Å². The molecule has 1 saturated heterocycles. The molecule has 0 N–H and O–H groups in total. The average molecular weight is 166 g/mol. The maximum absolute atomic E-state index is 5.22. The van der Waals surface area contributed by atoms with Gasteiger partial charge < -0.3 is 9.64 Å². The van der Waals surface area contributed by atoms with Crippen molar-refractivity contribution in [2.24, 2.45) is 4.99 Å². The van der Waals surface area contributed by atoms with Crippen LogP contribution in [0.2, 0.25) is 0 Å². The van der Waals surface area contributed by atoms with Gasteiger partial charge in [0.1, 0.15) is 5.84 Å². The van der Waals surface area contributed by atoms with Gasteiger partial charge in [0.25, 0.3) is 0 Å². The fourth-order valence-corrected chi connectivity index (χ4v) is 1.15. The summed E-state index contributed by atoms with van der Waals surface area (Å²) in [5, 5.41) is 0. The Morgan fingerprint density at radius 2 is 2.00 bits per heavy atom. The van der Waals surface area contributed by atoms with Crippen molar-refractivity contribution >= 4 is 5.84 Å². The van der Waals surface area contributed by atoms with E-state index in [1.807, 2.05) is 0 Å². The van der Waals surface area contributed by atoms with Gasteiger partial charge in [-0.05, 0) is 6.08 Å². The molecule has 0 aromatic carbocycles. The highest BCUT2D eigenvalue weighted by Gasteiger charge is 2.11. The molecule has 0 atom stereocenters. The zero-order valence-corrected chi connectivity index (χ0v) is 7.20. The van der Waals surface area contributed by atoms with Crippen molar-refractivity contribution in [3.63, 3.8) is 0 Å². The topological polar surface area (TPSA) is 24.8 Å². The first-order valence-corrected chi connectivity index (χ1v) is 4.02. The fraction of sp³-hybridized carbons (Fsp3) is 0.444. The molecule has 1 aliphatic rings. The summed E-state index contributed by atoms with van der Waals surface area (Å²) in [4.78, 5) is 6.24. The predicted octanol–water partition coefficient (Wildman–Crippen LogP) is 1.05. The number of nitrogens with zero attached hydrogens (tertiary/aromatic N) is 2. The lowest BCUT2D eigenvalue weighted by Crippen LogP contribution is -2.39. The molecule has 66 valence electrons. The Hall–Kier alpha value is -1.09. The molecule has 0 radical (unpaired) electrons. The zero-order chi connectivity index (χ0) is 8.81. The molecule has 0 aromatic rings. The van der Waals surface area contributed by atoms with Crippen LogP contribution in [-0.4, -0.2) is 37.0 Å². The maximum Gasteiger partial charge on any atom is 0.127 e. The molecular formula is C9H14N2O. The van der Waals surface area contributed by atoms with Gasteiger partial charge in [-0.3, -0.25) is 0 Å². The van der Waals surface area contributed by atoms with Crippen LogP contribution in [0.25, 0.3) is 0 Å².